The topological polar surface area (TPSA) is 52.0 Å². The maximum atomic E-state index is 4.69. The van der Waals surface area contributed by atoms with E-state index in [1.54, 1.807) is 0 Å². The van der Waals surface area contributed by atoms with Gasteiger partial charge in [0.1, 0.15) is 0 Å². The third kappa shape index (κ3) is 15.3. The number of nitrogens with two attached hydrogens (primary N) is 2. The second kappa shape index (κ2) is 9.29. The van der Waals surface area contributed by atoms with Crippen LogP contribution in [0.25, 0.3) is 0 Å². The zero-order valence-electron chi connectivity index (χ0n) is 1.97. The molecule has 0 aromatic rings. The van der Waals surface area contributed by atoms with Crippen molar-refractivity contribution >= 4 is 27.8 Å². The molecule has 4 heteroatoms. The Bertz CT molecular complexity index is 6.00. The van der Waals surface area contributed by atoms with Crippen LogP contribution in [0, 0.1) is 0 Å². The van der Waals surface area contributed by atoms with Gasteiger partial charge >= 0.3 is 24.9 Å². The van der Waals surface area contributed by atoms with Crippen LogP contribution in [0.1, 0.15) is 0 Å². The van der Waals surface area contributed by atoms with Crippen LogP contribution in [-0.4, -0.2) is 15.4 Å². The van der Waals surface area contributed by atoms with Crippen LogP contribution in [0.15, 0.2) is 0 Å². The van der Waals surface area contributed by atoms with E-state index in [1.807, 2.05) is 0 Å². The maximum absolute atomic E-state index is 4.69. The summed E-state index contributed by atoms with van der Waals surface area (Å²) in [5.41, 5.74) is 0. The molecule has 4 heavy (non-hydrogen) atoms. The van der Waals surface area contributed by atoms with E-state index in [2.05, 4.69) is 9.50 Å². The van der Waals surface area contributed by atoms with Gasteiger partial charge in [0.2, 0.25) is 0 Å². The molecule has 0 saturated carbocycles. The first-order valence-corrected chi connectivity index (χ1v) is 2.45. The Morgan fingerprint density at radius 1 is 1.25 bits per heavy atom. The van der Waals surface area contributed by atoms with Crippen molar-refractivity contribution in [2.45, 2.75) is 0 Å². The van der Waals surface area contributed by atoms with Gasteiger partial charge in [-0.15, -0.1) is 12.4 Å². The molecule has 28 valence electrons. The predicted octanol–water partition coefficient (Wildman–Crippen LogP) is -1.14. The van der Waals surface area contributed by atoms with E-state index >= 15 is 0 Å². The molecular formula is H5ClN2Se. The van der Waals surface area contributed by atoms with Crippen molar-refractivity contribution in [2.24, 2.45) is 9.50 Å². The number of hydrogen-bond acceptors (Lipinski definition) is 2. The molecule has 0 fully saturated rings. The van der Waals surface area contributed by atoms with Crippen molar-refractivity contribution in [2.75, 3.05) is 0 Å². The van der Waals surface area contributed by atoms with Gasteiger partial charge in [-0.3, -0.25) is 0 Å². The van der Waals surface area contributed by atoms with E-state index in [0.717, 1.165) is 0 Å². The summed E-state index contributed by atoms with van der Waals surface area (Å²) < 4.78 is 9.38. The van der Waals surface area contributed by atoms with Crippen LogP contribution in [0.2, 0.25) is 0 Å². The molecule has 0 aliphatic heterocycles. The molecule has 0 unspecified atom stereocenters. The molecule has 0 aromatic carbocycles. The molecular weight excluding hydrogens is 142 g/mol. The number of hydrogen-bond donors (Lipinski definition) is 2. The van der Waals surface area contributed by atoms with E-state index in [0.29, 0.717) is 0 Å². The SMILES string of the molecule is Cl.N[Se]N. The van der Waals surface area contributed by atoms with Gasteiger partial charge in [-0.1, -0.05) is 0 Å². The first kappa shape index (κ1) is 8.83. The Hall–Kier alpha value is 0.729. The van der Waals surface area contributed by atoms with Crippen molar-refractivity contribution in [3.8, 4) is 0 Å². The molecule has 2 nitrogen and oxygen atoms in total. The van der Waals surface area contributed by atoms with E-state index in [4.69, 9.17) is 0 Å². The number of halogens is 1. The quantitative estimate of drug-likeness (QED) is 0.426. The standard InChI is InChI=1S/ClH.H4N2Se/c;1-3-2/h1H;1-2H2. The minimum atomic E-state index is -0.125. The zero-order chi connectivity index (χ0) is 2.71. The van der Waals surface area contributed by atoms with Crippen molar-refractivity contribution in [1.82, 2.24) is 0 Å². The first-order valence-electron chi connectivity index (χ1n) is 0.471. The summed E-state index contributed by atoms with van der Waals surface area (Å²) in [5.74, 6) is 0. The molecule has 0 spiro atoms. The molecule has 0 bridgehead atoms. The van der Waals surface area contributed by atoms with Gasteiger partial charge in [0, 0.05) is 0 Å². The van der Waals surface area contributed by atoms with Gasteiger partial charge in [-0.2, -0.15) is 0 Å². The van der Waals surface area contributed by atoms with Gasteiger partial charge in [0.15, 0.2) is 0 Å². The van der Waals surface area contributed by atoms with Gasteiger partial charge in [0.25, 0.3) is 0 Å². The Labute approximate surface area is 37.9 Å². The molecule has 4 N–H and O–H groups in total. The minimum absolute atomic E-state index is 0. The van der Waals surface area contributed by atoms with Crippen LogP contribution in [-0.2, 0) is 0 Å². The monoisotopic (exact) mass is 148 g/mol. The van der Waals surface area contributed by atoms with E-state index < -0.39 is 0 Å². The second-order valence-electron chi connectivity index (χ2n) is 0.136. The molecule has 0 aromatic heterocycles. The van der Waals surface area contributed by atoms with Crippen LogP contribution < -0.4 is 9.50 Å². The summed E-state index contributed by atoms with van der Waals surface area (Å²) in [4.78, 5) is 0. The molecule has 0 atom stereocenters. The fourth-order valence-corrected chi connectivity index (χ4v) is 0. The van der Waals surface area contributed by atoms with Crippen molar-refractivity contribution in [3.63, 3.8) is 0 Å². The van der Waals surface area contributed by atoms with Crippen LogP contribution >= 0.6 is 12.4 Å². The Balaban J connectivity index is 0. The van der Waals surface area contributed by atoms with Gasteiger partial charge in [-0.25, -0.2) is 0 Å². The molecule has 0 amide bonds. The summed E-state index contributed by atoms with van der Waals surface area (Å²) in [6, 6.07) is 0. The van der Waals surface area contributed by atoms with Crippen molar-refractivity contribution < 1.29 is 0 Å². The van der Waals surface area contributed by atoms with E-state index in [1.165, 1.54) is 0 Å². The van der Waals surface area contributed by atoms with Crippen molar-refractivity contribution in [3.05, 3.63) is 0 Å². The molecule has 0 aliphatic rings. The van der Waals surface area contributed by atoms with Crippen molar-refractivity contribution in [1.29, 1.82) is 0 Å². The summed E-state index contributed by atoms with van der Waals surface area (Å²) in [6.07, 6.45) is 0. The van der Waals surface area contributed by atoms with Crippen LogP contribution in [0.5, 0.6) is 0 Å². The average Bonchev–Trinajstić information content (AvgIpc) is 0.918. The molecule has 0 rings (SSSR count). The predicted molar refractivity (Wildman–Crippen MR) is 21.4 cm³/mol. The molecule has 0 heterocycles. The molecule has 0 aliphatic carbocycles. The van der Waals surface area contributed by atoms with Crippen LogP contribution in [0.3, 0.4) is 0 Å². The summed E-state index contributed by atoms with van der Waals surface area (Å²) >= 11 is -0.125. The average molecular weight is 147 g/mol. The zero-order valence-corrected chi connectivity index (χ0v) is 4.50. The fourth-order valence-electron chi connectivity index (χ4n) is 0. The normalized spacial score (nSPS) is 4.50. The van der Waals surface area contributed by atoms with E-state index in [9.17, 15) is 0 Å². The third-order valence-corrected chi connectivity index (χ3v) is 0. The Kier molecular flexibility index (Phi) is 20.5. The summed E-state index contributed by atoms with van der Waals surface area (Å²) in [6.45, 7) is 0. The summed E-state index contributed by atoms with van der Waals surface area (Å²) in [5, 5.41) is 0. The molecule has 0 radical (unpaired) electrons. The van der Waals surface area contributed by atoms with Crippen LogP contribution in [0.4, 0.5) is 0 Å². The Morgan fingerprint density at radius 3 is 1.25 bits per heavy atom. The van der Waals surface area contributed by atoms with E-state index in [-0.39, 0.29) is 27.8 Å². The van der Waals surface area contributed by atoms with Gasteiger partial charge in [0.05, 0.1) is 0 Å². The van der Waals surface area contributed by atoms with Gasteiger partial charge < -0.3 is 0 Å². The van der Waals surface area contributed by atoms with Gasteiger partial charge in [-0.05, 0) is 0 Å². The molecule has 0 saturated heterocycles. The first-order chi connectivity index (χ1) is 1.41. The third-order valence-electron chi connectivity index (χ3n) is 0. The summed E-state index contributed by atoms with van der Waals surface area (Å²) in [7, 11) is 0. The second-order valence-corrected chi connectivity index (χ2v) is 0.707. The number of rotatable bonds is 0. The fraction of sp³-hybridized carbons (Fsp3) is 0. The Morgan fingerprint density at radius 2 is 1.25 bits per heavy atom.